The van der Waals surface area contributed by atoms with Gasteiger partial charge in [-0.3, -0.25) is 4.99 Å². The van der Waals surface area contributed by atoms with Gasteiger partial charge in [0, 0.05) is 18.8 Å². The molecule has 0 bridgehead atoms. The molecule has 0 amide bonds. The van der Waals surface area contributed by atoms with Crippen molar-refractivity contribution in [3.63, 3.8) is 0 Å². The van der Waals surface area contributed by atoms with E-state index in [2.05, 4.69) is 36.4 Å². The minimum Gasteiger partial charge on any atom is -0.872 e. The molecule has 1 rings (SSSR count). The number of ether oxygens (including phenoxy) is 1. The quantitative estimate of drug-likeness (QED) is 0.367. The molecule has 1 aromatic rings. The zero-order chi connectivity index (χ0) is 15.4. The fourth-order valence-corrected chi connectivity index (χ4v) is 1.33. The number of hydrogen-bond acceptors (Lipinski definition) is 5. The molecule has 0 heterocycles. The van der Waals surface area contributed by atoms with Crippen LogP contribution in [-0.4, -0.2) is 37.6 Å². The number of nitrogens with zero attached hydrogens (tertiary/aromatic N) is 2. The van der Waals surface area contributed by atoms with Crippen LogP contribution in [0.25, 0.3) is 5.41 Å². The molecule has 0 aliphatic rings. The standard InChI is InChI=1S/C13H20N2O2.CNS.Ni/c1-10(2)15-7-6-14-9-11-4-5-12(17-3)8-13(11)16;2-1-3;/h4-5,8-10,15-16H,6-7H2,1-3H3;;/q;-1;+3/p-1. The van der Waals surface area contributed by atoms with Crippen LogP contribution in [0.1, 0.15) is 19.4 Å². The average molecular weight is 352 g/mol. The summed E-state index contributed by atoms with van der Waals surface area (Å²) in [7, 11) is 1.54. The first-order valence-corrected chi connectivity index (χ1v) is 6.55. The van der Waals surface area contributed by atoms with Gasteiger partial charge in [-0.15, -0.1) is 0 Å². The SMILES string of the molecule is COc1ccc(C=NCCNC(C)C)c([O-])c1.[N-]=C=S.[Ni+3]. The Balaban J connectivity index is 0. The molecule has 1 radical (unpaired) electrons. The first kappa shape index (κ1) is 22.0. The first-order valence-electron chi connectivity index (χ1n) is 6.14. The smallest absolute Gasteiger partial charge is 0.872 e. The van der Waals surface area contributed by atoms with E-state index in [-0.39, 0.29) is 22.2 Å². The van der Waals surface area contributed by atoms with Crippen molar-refractivity contribution < 1.29 is 26.3 Å². The normalized spacial score (nSPS) is 9.52. The summed E-state index contributed by atoms with van der Waals surface area (Å²) >= 11 is 3.70. The van der Waals surface area contributed by atoms with E-state index >= 15 is 0 Å². The van der Waals surface area contributed by atoms with E-state index in [1.165, 1.54) is 11.2 Å². The monoisotopic (exact) mass is 351 g/mol. The molecule has 0 aliphatic heterocycles. The molecule has 0 fully saturated rings. The molecule has 1 aromatic carbocycles. The Morgan fingerprint density at radius 3 is 2.62 bits per heavy atom. The number of isothiocyanates is 1. The number of hydrogen-bond donors (Lipinski definition) is 1. The summed E-state index contributed by atoms with van der Waals surface area (Å²) in [6.45, 7) is 5.66. The number of rotatable bonds is 6. The van der Waals surface area contributed by atoms with Gasteiger partial charge in [0.25, 0.3) is 0 Å². The molecule has 117 valence electrons. The molecular weight excluding hydrogens is 333 g/mol. The second-order valence-corrected chi connectivity index (χ2v) is 4.32. The van der Waals surface area contributed by atoms with Crippen molar-refractivity contribution in [2.45, 2.75) is 19.9 Å². The van der Waals surface area contributed by atoms with E-state index in [0.29, 0.717) is 23.9 Å². The average Bonchev–Trinajstić information content (AvgIpc) is 2.40. The Kier molecular flexibility index (Phi) is 14.4. The van der Waals surface area contributed by atoms with Crippen LogP contribution >= 0.6 is 12.2 Å². The van der Waals surface area contributed by atoms with Crippen molar-refractivity contribution in [2.24, 2.45) is 4.99 Å². The second kappa shape index (κ2) is 13.7. The predicted octanol–water partition coefficient (Wildman–Crippen LogP) is 1.84. The van der Waals surface area contributed by atoms with Crippen LogP contribution in [-0.2, 0) is 16.5 Å². The third-order valence-corrected chi connectivity index (χ3v) is 2.24. The van der Waals surface area contributed by atoms with Crippen LogP contribution in [0.15, 0.2) is 23.2 Å². The van der Waals surface area contributed by atoms with Gasteiger partial charge >= 0.3 is 16.5 Å². The molecule has 1 N–H and O–H groups in total. The fourth-order valence-electron chi connectivity index (χ4n) is 1.33. The maximum absolute atomic E-state index is 11.6. The van der Waals surface area contributed by atoms with Gasteiger partial charge < -0.3 is 20.6 Å². The Bertz CT molecular complexity index is 462. The van der Waals surface area contributed by atoms with E-state index in [1.807, 2.05) is 0 Å². The van der Waals surface area contributed by atoms with E-state index < -0.39 is 0 Å². The van der Waals surface area contributed by atoms with Crippen molar-refractivity contribution in [3.8, 4) is 11.5 Å². The summed E-state index contributed by atoms with van der Waals surface area (Å²) in [5.41, 5.74) is 0.593. The number of nitrogens with one attached hydrogen (secondary N) is 1. The van der Waals surface area contributed by atoms with Gasteiger partial charge in [0.1, 0.15) is 5.75 Å². The third-order valence-electron chi connectivity index (χ3n) is 2.24. The van der Waals surface area contributed by atoms with Gasteiger partial charge in [-0.05, 0) is 17.7 Å². The van der Waals surface area contributed by atoms with Crippen LogP contribution in [0.3, 0.4) is 0 Å². The number of benzene rings is 1. The van der Waals surface area contributed by atoms with Crippen LogP contribution in [0.4, 0.5) is 0 Å². The number of aliphatic imine (C=N–C) groups is 1. The van der Waals surface area contributed by atoms with Crippen molar-refractivity contribution >= 4 is 23.6 Å². The van der Waals surface area contributed by atoms with Gasteiger partial charge in [0.15, 0.2) is 0 Å². The molecule has 0 saturated carbocycles. The molecule has 0 aromatic heterocycles. The molecule has 21 heavy (non-hydrogen) atoms. The fraction of sp³-hybridized carbons (Fsp3) is 0.429. The first-order chi connectivity index (χ1) is 9.54. The minimum atomic E-state index is -0.0649. The van der Waals surface area contributed by atoms with Crippen molar-refractivity contribution in [1.29, 1.82) is 0 Å². The van der Waals surface area contributed by atoms with Crippen molar-refractivity contribution in [3.05, 3.63) is 29.2 Å². The maximum atomic E-state index is 11.6. The molecule has 0 aliphatic carbocycles. The topological polar surface area (TPSA) is 79.0 Å². The summed E-state index contributed by atoms with van der Waals surface area (Å²) in [6, 6.07) is 5.41. The Morgan fingerprint density at radius 2 is 2.14 bits per heavy atom. The zero-order valence-corrected chi connectivity index (χ0v) is 14.0. The molecule has 7 heteroatoms. The zero-order valence-electron chi connectivity index (χ0n) is 12.2. The van der Waals surface area contributed by atoms with Crippen molar-refractivity contribution in [2.75, 3.05) is 20.2 Å². The Morgan fingerprint density at radius 1 is 1.52 bits per heavy atom. The van der Waals surface area contributed by atoms with Crippen LogP contribution in [0.2, 0.25) is 0 Å². The minimum absolute atomic E-state index is 0. The van der Waals surface area contributed by atoms with Gasteiger partial charge in [0.05, 0.1) is 13.7 Å². The molecule has 0 spiro atoms. The van der Waals surface area contributed by atoms with Gasteiger partial charge in [-0.2, -0.15) is 5.16 Å². The van der Waals surface area contributed by atoms with E-state index in [0.717, 1.165) is 6.54 Å². The third kappa shape index (κ3) is 11.1. The summed E-state index contributed by atoms with van der Waals surface area (Å²) < 4.78 is 4.96. The van der Waals surface area contributed by atoms with Crippen LogP contribution in [0, 0.1) is 0 Å². The maximum Gasteiger partial charge on any atom is 3.00 e. The van der Waals surface area contributed by atoms with Crippen LogP contribution in [0.5, 0.6) is 11.5 Å². The summed E-state index contributed by atoms with van der Waals surface area (Å²) in [5, 5.41) is 23.3. The summed E-state index contributed by atoms with van der Waals surface area (Å²) in [6.07, 6.45) is 1.61. The Hall–Kier alpha value is -1.26. The number of thiocarbonyl (C=S) groups is 1. The van der Waals surface area contributed by atoms with Crippen LogP contribution < -0.4 is 15.2 Å². The molecule has 0 unspecified atom stereocenters. The summed E-state index contributed by atoms with van der Waals surface area (Å²) in [5.74, 6) is 0.513. The molecule has 0 saturated heterocycles. The van der Waals surface area contributed by atoms with Gasteiger partial charge in [0.2, 0.25) is 0 Å². The summed E-state index contributed by atoms with van der Waals surface area (Å²) in [4.78, 5) is 4.20. The van der Waals surface area contributed by atoms with E-state index in [9.17, 15) is 5.11 Å². The molecule has 5 nitrogen and oxygen atoms in total. The van der Waals surface area contributed by atoms with E-state index in [1.54, 1.807) is 25.5 Å². The van der Waals surface area contributed by atoms with Gasteiger partial charge in [-0.1, -0.05) is 37.9 Å². The van der Waals surface area contributed by atoms with E-state index in [4.69, 9.17) is 10.1 Å². The van der Waals surface area contributed by atoms with Crippen molar-refractivity contribution in [1.82, 2.24) is 5.32 Å². The molecule has 0 atom stereocenters. The predicted molar refractivity (Wildman–Crippen MR) is 84.0 cm³/mol. The molecular formula is C14H19N3NiO2S+. The van der Waals surface area contributed by atoms with Gasteiger partial charge in [-0.25, -0.2) is 0 Å². The second-order valence-electron chi connectivity index (χ2n) is 4.14. The number of methoxy groups -OCH3 is 1. The Labute approximate surface area is 141 Å². The largest absolute Gasteiger partial charge is 3.00 e.